The molecule has 1 N–H and O–H groups in total. The Morgan fingerprint density at radius 2 is 1.58 bits per heavy atom. The zero-order valence-corrected chi connectivity index (χ0v) is 13.7. The van der Waals surface area contributed by atoms with Gasteiger partial charge in [-0.3, -0.25) is 0 Å². The molecule has 1 atom stereocenters. The fraction of sp³-hybridized carbons (Fsp3) is 0.150. The van der Waals surface area contributed by atoms with Crippen LogP contribution in [0.4, 0.5) is 5.69 Å². The van der Waals surface area contributed by atoms with Crippen LogP contribution in [0.5, 0.6) is 11.5 Å². The van der Waals surface area contributed by atoms with Crippen LogP contribution in [0.25, 0.3) is 10.8 Å². The first-order valence-corrected chi connectivity index (χ1v) is 7.77. The number of ether oxygens (including phenoxy) is 2. The van der Waals surface area contributed by atoms with Crippen molar-refractivity contribution in [3.05, 3.63) is 66.7 Å². The van der Waals surface area contributed by atoms with Crippen LogP contribution in [0.2, 0.25) is 0 Å². The van der Waals surface area contributed by atoms with Gasteiger partial charge in [0.25, 0.3) is 0 Å². The number of fused-ring (bicyclic) bond motifs is 1. The fourth-order valence-corrected chi connectivity index (χ4v) is 2.43. The Labute approximate surface area is 141 Å². The van der Waals surface area contributed by atoms with Crippen LogP contribution in [-0.4, -0.2) is 19.1 Å². The van der Waals surface area contributed by atoms with E-state index in [-0.39, 0.29) is 5.97 Å². The molecule has 0 aliphatic carbocycles. The number of nitrogens with one attached hydrogen (secondary N) is 1. The van der Waals surface area contributed by atoms with Crippen molar-refractivity contribution in [1.29, 1.82) is 0 Å². The maximum atomic E-state index is 12.3. The summed E-state index contributed by atoms with van der Waals surface area (Å²) in [4.78, 5) is 12.3. The number of esters is 1. The molecule has 0 spiro atoms. The standard InChI is InChI=1S/C20H19NO3/c1-14(21-17-8-11-18(23-2)12-9-17)20(22)24-19-10-7-15-5-3-4-6-16(15)13-19/h3-14,21H,1-2H3. The first-order chi connectivity index (χ1) is 11.7. The van der Waals surface area contributed by atoms with Crippen molar-refractivity contribution in [3.63, 3.8) is 0 Å². The Bertz CT molecular complexity index is 843. The number of benzene rings is 3. The van der Waals surface area contributed by atoms with E-state index in [1.807, 2.05) is 60.7 Å². The number of methoxy groups -OCH3 is 1. The molecular weight excluding hydrogens is 302 g/mol. The molecule has 0 aliphatic rings. The molecule has 24 heavy (non-hydrogen) atoms. The average molecular weight is 321 g/mol. The molecule has 0 bridgehead atoms. The van der Waals surface area contributed by atoms with Gasteiger partial charge in [0.05, 0.1) is 7.11 Å². The van der Waals surface area contributed by atoms with Gasteiger partial charge in [0.1, 0.15) is 17.5 Å². The van der Waals surface area contributed by atoms with E-state index in [1.165, 1.54) is 0 Å². The van der Waals surface area contributed by atoms with Crippen LogP contribution in [-0.2, 0) is 4.79 Å². The minimum atomic E-state index is -0.468. The van der Waals surface area contributed by atoms with Crippen LogP contribution < -0.4 is 14.8 Å². The summed E-state index contributed by atoms with van der Waals surface area (Å²) in [6.45, 7) is 1.77. The minimum absolute atomic E-state index is 0.332. The highest BCUT2D eigenvalue weighted by molar-refractivity contribution is 5.86. The summed E-state index contributed by atoms with van der Waals surface area (Å²) >= 11 is 0. The first-order valence-electron chi connectivity index (χ1n) is 7.77. The lowest BCUT2D eigenvalue weighted by atomic mass is 10.1. The topological polar surface area (TPSA) is 47.6 Å². The van der Waals surface area contributed by atoms with Crippen molar-refractivity contribution in [1.82, 2.24) is 0 Å². The monoisotopic (exact) mass is 321 g/mol. The average Bonchev–Trinajstić information content (AvgIpc) is 2.62. The van der Waals surface area contributed by atoms with Gasteiger partial charge in [-0.1, -0.05) is 30.3 Å². The molecular formula is C20H19NO3. The highest BCUT2D eigenvalue weighted by Gasteiger charge is 2.15. The van der Waals surface area contributed by atoms with E-state index in [9.17, 15) is 4.79 Å². The van der Waals surface area contributed by atoms with Gasteiger partial charge in [-0.2, -0.15) is 0 Å². The van der Waals surface area contributed by atoms with E-state index >= 15 is 0 Å². The molecule has 3 rings (SSSR count). The predicted octanol–water partition coefficient (Wildman–Crippen LogP) is 4.25. The van der Waals surface area contributed by atoms with Gasteiger partial charge >= 0.3 is 5.97 Å². The van der Waals surface area contributed by atoms with Crippen molar-refractivity contribution in [3.8, 4) is 11.5 Å². The quantitative estimate of drug-likeness (QED) is 0.563. The van der Waals surface area contributed by atoms with Gasteiger partial charge in [-0.15, -0.1) is 0 Å². The molecule has 4 nitrogen and oxygen atoms in total. The molecule has 3 aromatic rings. The minimum Gasteiger partial charge on any atom is -0.497 e. The Morgan fingerprint density at radius 3 is 2.29 bits per heavy atom. The summed E-state index contributed by atoms with van der Waals surface area (Å²) in [6, 6.07) is 20.5. The molecule has 4 heteroatoms. The molecule has 0 saturated heterocycles. The van der Waals surface area contributed by atoms with E-state index in [0.717, 1.165) is 22.2 Å². The second-order valence-corrected chi connectivity index (χ2v) is 5.52. The third kappa shape index (κ3) is 3.66. The van der Waals surface area contributed by atoms with Gasteiger partial charge in [-0.05, 0) is 54.1 Å². The molecule has 0 amide bonds. The van der Waals surface area contributed by atoms with E-state index < -0.39 is 6.04 Å². The second kappa shape index (κ2) is 7.04. The number of hydrogen-bond donors (Lipinski definition) is 1. The summed E-state index contributed by atoms with van der Waals surface area (Å²) < 4.78 is 10.6. The van der Waals surface area contributed by atoms with E-state index in [1.54, 1.807) is 20.1 Å². The zero-order valence-electron chi connectivity index (χ0n) is 13.7. The highest BCUT2D eigenvalue weighted by atomic mass is 16.5. The molecule has 0 radical (unpaired) electrons. The van der Waals surface area contributed by atoms with Gasteiger partial charge in [-0.25, -0.2) is 4.79 Å². The largest absolute Gasteiger partial charge is 0.497 e. The van der Waals surface area contributed by atoms with Crippen LogP contribution in [0, 0.1) is 0 Å². The number of hydrogen-bond acceptors (Lipinski definition) is 4. The molecule has 0 aromatic heterocycles. The maximum Gasteiger partial charge on any atom is 0.333 e. The molecule has 1 unspecified atom stereocenters. The second-order valence-electron chi connectivity index (χ2n) is 5.52. The third-order valence-electron chi connectivity index (χ3n) is 3.77. The van der Waals surface area contributed by atoms with Crippen molar-refractivity contribution in [2.24, 2.45) is 0 Å². The Balaban J connectivity index is 1.66. The van der Waals surface area contributed by atoms with Crippen LogP contribution in [0.3, 0.4) is 0 Å². The molecule has 0 aliphatic heterocycles. The lowest BCUT2D eigenvalue weighted by molar-refractivity contribution is -0.134. The van der Waals surface area contributed by atoms with Crippen molar-refractivity contribution < 1.29 is 14.3 Å². The smallest absolute Gasteiger partial charge is 0.333 e. The predicted molar refractivity (Wildman–Crippen MR) is 95.7 cm³/mol. The molecule has 122 valence electrons. The fourth-order valence-electron chi connectivity index (χ4n) is 2.43. The Kier molecular flexibility index (Phi) is 4.66. The first kappa shape index (κ1) is 15.9. The van der Waals surface area contributed by atoms with E-state index in [2.05, 4.69) is 5.32 Å². The Hall–Kier alpha value is -3.01. The van der Waals surface area contributed by atoms with Gasteiger partial charge in [0.2, 0.25) is 0 Å². The maximum absolute atomic E-state index is 12.3. The summed E-state index contributed by atoms with van der Waals surface area (Å²) in [5.74, 6) is 0.982. The summed E-state index contributed by atoms with van der Waals surface area (Å²) in [6.07, 6.45) is 0. The Morgan fingerprint density at radius 1 is 0.917 bits per heavy atom. The number of carbonyl (C=O) groups is 1. The van der Waals surface area contributed by atoms with Crippen LogP contribution in [0.1, 0.15) is 6.92 Å². The molecule has 0 saturated carbocycles. The number of carbonyl (C=O) groups excluding carboxylic acids is 1. The number of anilines is 1. The molecule has 3 aromatic carbocycles. The third-order valence-corrected chi connectivity index (χ3v) is 3.77. The van der Waals surface area contributed by atoms with Gasteiger partial charge in [0, 0.05) is 5.69 Å². The summed E-state index contributed by atoms with van der Waals surface area (Å²) in [5, 5.41) is 5.27. The molecule has 0 fully saturated rings. The van der Waals surface area contributed by atoms with Gasteiger partial charge < -0.3 is 14.8 Å². The zero-order chi connectivity index (χ0) is 16.9. The van der Waals surface area contributed by atoms with E-state index in [4.69, 9.17) is 9.47 Å². The van der Waals surface area contributed by atoms with Gasteiger partial charge in [0.15, 0.2) is 0 Å². The molecule has 0 heterocycles. The summed E-state index contributed by atoms with van der Waals surface area (Å²) in [5.41, 5.74) is 0.832. The SMILES string of the molecule is COc1ccc(NC(C)C(=O)Oc2ccc3ccccc3c2)cc1. The van der Waals surface area contributed by atoms with E-state index in [0.29, 0.717) is 5.75 Å². The lowest BCUT2D eigenvalue weighted by Crippen LogP contribution is -2.30. The van der Waals surface area contributed by atoms with Crippen molar-refractivity contribution in [2.45, 2.75) is 13.0 Å². The number of rotatable bonds is 5. The van der Waals surface area contributed by atoms with Crippen molar-refractivity contribution >= 4 is 22.4 Å². The van der Waals surface area contributed by atoms with Crippen molar-refractivity contribution in [2.75, 3.05) is 12.4 Å². The summed E-state index contributed by atoms with van der Waals surface area (Å²) in [7, 11) is 1.62. The normalized spacial score (nSPS) is 11.8. The van der Waals surface area contributed by atoms with Crippen LogP contribution in [0.15, 0.2) is 66.7 Å². The lowest BCUT2D eigenvalue weighted by Gasteiger charge is -2.15. The highest BCUT2D eigenvalue weighted by Crippen LogP contribution is 2.21. The van der Waals surface area contributed by atoms with Crippen LogP contribution >= 0.6 is 0 Å².